The van der Waals surface area contributed by atoms with Crippen LogP contribution in [0.25, 0.3) is 5.65 Å². The van der Waals surface area contributed by atoms with Gasteiger partial charge in [0.2, 0.25) is 0 Å². The predicted octanol–water partition coefficient (Wildman–Crippen LogP) is 1.55. The van der Waals surface area contributed by atoms with Gasteiger partial charge in [-0.1, -0.05) is 36.4 Å². The zero-order chi connectivity index (χ0) is 14.5. The van der Waals surface area contributed by atoms with Crippen LogP contribution in [0, 0.1) is 0 Å². The molecule has 0 aliphatic rings. The van der Waals surface area contributed by atoms with Crippen molar-refractivity contribution < 1.29 is 9.53 Å². The van der Waals surface area contributed by atoms with Crippen LogP contribution < -0.4 is 5.32 Å². The molecule has 3 rings (SSSR count). The van der Waals surface area contributed by atoms with Gasteiger partial charge < -0.3 is 10.1 Å². The number of aromatic nitrogens is 4. The third kappa shape index (κ3) is 3.33. The molecule has 0 fully saturated rings. The molecule has 0 unspecified atom stereocenters. The molecule has 0 bridgehead atoms. The lowest BCUT2D eigenvalue weighted by Gasteiger charge is -2.07. The fourth-order valence-corrected chi connectivity index (χ4v) is 1.84. The first-order chi connectivity index (χ1) is 10.3. The summed E-state index contributed by atoms with van der Waals surface area (Å²) < 4.78 is 6.67. The number of rotatable bonds is 4. The number of carbonyl (C=O) groups is 1. The van der Waals surface area contributed by atoms with Crippen molar-refractivity contribution in [1.29, 1.82) is 0 Å². The van der Waals surface area contributed by atoms with Crippen molar-refractivity contribution in [2.75, 3.05) is 0 Å². The SMILES string of the molecule is O=C(NCc1ccc2nnnn2c1)OCc1ccccc1. The molecule has 1 amide bonds. The van der Waals surface area contributed by atoms with Gasteiger partial charge in [0.1, 0.15) is 6.61 Å². The van der Waals surface area contributed by atoms with E-state index in [2.05, 4.69) is 20.8 Å². The Labute approximate surface area is 120 Å². The fraction of sp³-hybridized carbons (Fsp3) is 0.143. The van der Waals surface area contributed by atoms with Gasteiger partial charge in [0.15, 0.2) is 5.65 Å². The molecule has 106 valence electrons. The van der Waals surface area contributed by atoms with Crippen LogP contribution in [0.5, 0.6) is 0 Å². The van der Waals surface area contributed by atoms with E-state index in [-0.39, 0.29) is 6.61 Å². The number of amides is 1. The second-order valence-corrected chi connectivity index (χ2v) is 4.43. The average Bonchev–Trinajstić information content (AvgIpc) is 2.99. The topological polar surface area (TPSA) is 81.4 Å². The van der Waals surface area contributed by atoms with Gasteiger partial charge in [-0.3, -0.25) is 0 Å². The van der Waals surface area contributed by atoms with Gasteiger partial charge in [0.25, 0.3) is 0 Å². The van der Waals surface area contributed by atoms with E-state index in [9.17, 15) is 4.79 Å². The fourth-order valence-electron chi connectivity index (χ4n) is 1.84. The molecule has 0 radical (unpaired) electrons. The Morgan fingerprint density at radius 2 is 2.00 bits per heavy atom. The normalized spacial score (nSPS) is 10.5. The monoisotopic (exact) mass is 283 g/mol. The summed E-state index contributed by atoms with van der Waals surface area (Å²) in [5.41, 5.74) is 2.49. The first kappa shape index (κ1) is 13.0. The molecule has 21 heavy (non-hydrogen) atoms. The number of carbonyl (C=O) groups excluding carboxylic acids is 1. The van der Waals surface area contributed by atoms with Gasteiger partial charge in [0, 0.05) is 12.7 Å². The third-order valence-corrected chi connectivity index (χ3v) is 2.90. The Kier molecular flexibility index (Phi) is 3.72. The van der Waals surface area contributed by atoms with Crippen molar-refractivity contribution in [2.45, 2.75) is 13.2 Å². The van der Waals surface area contributed by atoms with Crippen molar-refractivity contribution >= 4 is 11.7 Å². The Balaban J connectivity index is 1.51. The second-order valence-electron chi connectivity index (χ2n) is 4.43. The summed E-state index contributed by atoms with van der Waals surface area (Å²) in [5.74, 6) is 0. The van der Waals surface area contributed by atoms with Crippen LogP contribution in [0.15, 0.2) is 48.7 Å². The van der Waals surface area contributed by atoms with Crippen molar-refractivity contribution in [3.8, 4) is 0 Å². The van der Waals surface area contributed by atoms with Gasteiger partial charge >= 0.3 is 6.09 Å². The zero-order valence-corrected chi connectivity index (χ0v) is 11.1. The van der Waals surface area contributed by atoms with E-state index in [1.54, 1.807) is 16.8 Å². The molecule has 7 nitrogen and oxygen atoms in total. The number of hydrogen-bond acceptors (Lipinski definition) is 5. The largest absolute Gasteiger partial charge is 0.445 e. The summed E-state index contributed by atoms with van der Waals surface area (Å²) >= 11 is 0. The molecule has 2 heterocycles. The number of nitrogens with one attached hydrogen (secondary N) is 1. The molecule has 1 N–H and O–H groups in total. The van der Waals surface area contributed by atoms with Crippen LogP contribution in [0.3, 0.4) is 0 Å². The number of tetrazole rings is 1. The molecular formula is C14H13N5O2. The van der Waals surface area contributed by atoms with Crippen LogP contribution in [-0.4, -0.2) is 26.1 Å². The van der Waals surface area contributed by atoms with Crippen molar-refractivity contribution in [3.05, 3.63) is 59.8 Å². The van der Waals surface area contributed by atoms with Crippen LogP contribution in [0.1, 0.15) is 11.1 Å². The van der Waals surface area contributed by atoms with Gasteiger partial charge in [-0.15, -0.1) is 5.10 Å². The van der Waals surface area contributed by atoms with E-state index in [0.717, 1.165) is 11.1 Å². The molecule has 0 spiro atoms. The van der Waals surface area contributed by atoms with E-state index >= 15 is 0 Å². The van der Waals surface area contributed by atoms with E-state index < -0.39 is 6.09 Å². The molecule has 2 aromatic heterocycles. The lowest BCUT2D eigenvalue weighted by Crippen LogP contribution is -2.23. The third-order valence-electron chi connectivity index (χ3n) is 2.90. The Bertz CT molecular complexity index is 741. The number of alkyl carbamates (subject to hydrolysis) is 1. The van der Waals surface area contributed by atoms with Gasteiger partial charge in [-0.05, 0) is 27.6 Å². The quantitative estimate of drug-likeness (QED) is 0.785. The van der Waals surface area contributed by atoms with E-state index in [0.29, 0.717) is 12.2 Å². The molecule has 3 aromatic rings. The summed E-state index contributed by atoms with van der Waals surface area (Å²) in [6.07, 6.45) is 1.29. The number of fused-ring (bicyclic) bond motifs is 1. The maximum absolute atomic E-state index is 11.6. The molecule has 0 saturated heterocycles. The molecule has 1 aromatic carbocycles. The average molecular weight is 283 g/mol. The van der Waals surface area contributed by atoms with Gasteiger partial charge in [-0.25, -0.2) is 9.31 Å². The number of benzene rings is 1. The number of pyridine rings is 1. The standard InChI is InChI=1S/C14H13N5O2/c20-14(21-10-11-4-2-1-3-5-11)15-8-12-6-7-13-16-17-18-19(13)9-12/h1-7,9H,8,10H2,(H,15,20). The van der Waals surface area contributed by atoms with Gasteiger partial charge in [-0.2, -0.15) is 0 Å². The molecular weight excluding hydrogens is 270 g/mol. The number of hydrogen-bond donors (Lipinski definition) is 1. The Hall–Kier alpha value is -2.96. The van der Waals surface area contributed by atoms with Crippen molar-refractivity contribution in [2.24, 2.45) is 0 Å². The number of nitrogens with zero attached hydrogens (tertiary/aromatic N) is 4. The highest BCUT2D eigenvalue weighted by Gasteiger charge is 2.04. The van der Waals surface area contributed by atoms with E-state index in [1.807, 2.05) is 36.4 Å². The van der Waals surface area contributed by atoms with E-state index in [1.165, 1.54) is 0 Å². The summed E-state index contributed by atoms with van der Waals surface area (Å²) in [4.78, 5) is 11.6. The molecule has 7 heteroatoms. The first-order valence-electron chi connectivity index (χ1n) is 6.42. The zero-order valence-electron chi connectivity index (χ0n) is 11.1. The lowest BCUT2D eigenvalue weighted by atomic mass is 10.2. The van der Waals surface area contributed by atoms with Crippen LogP contribution in [0.2, 0.25) is 0 Å². The van der Waals surface area contributed by atoms with Crippen LogP contribution in [0.4, 0.5) is 4.79 Å². The smallest absolute Gasteiger partial charge is 0.407 e. The number of ether oxygens (including phenoxy) is 1. The van der Waals surface area contributed by atoms with E-state index in [4.69, 9.17) is 4.74 Å². The molecule has 0 aliphatic carbocycles. The first-order valence-corrected chi connectivity index (χ1v) is 6.42. The van der Waals surface area contributed by atoms with Crippen LogP contribution >= 0.6 is 0 Å². The highest BCUT2D eigenvalue weighted by atomic mass is 16.5. The van der Waals surface area contributed by atoms with Gasteiger partial charge in [0.05, 0.1) is 0 Å². The minimum atomic E-state index is -0.462. The highest BCUT2D eigenvalue weighted by molar-refractivity contribution is 5.67. The molecule has 0 saturated carbocycles. The summed E-state index contributed by atoms with van der Waals surface area (Å²) in [7, 11) is 0. The summed E-state index contributed by atoms with van der Waals surface area (Å²) in [6.45, 7) is 0.599. The summed E-state index contributed by atoms with van der Waals surface area (Å²) in [5, 5.41) is 13.8. The minimum absolute atomic E-state index is 0.249. The highest BCUT2D eigenvalue weighted by Crippen LogP contribution is 2.03. The Morgan fingerprint density at radius 1 is 1.14 bits per heavy atom. The molecule has 0 atom stereocenters. The van der Waals surface area contributed by atoms with Crippen LogP contribution in [-0.2, 0) is 17.9 Å². The molecule has 0 aliphatic heterocycles. The predicted molar refractivity (Wildman–Crippen MR) is 74.2 cm³/mol. The second kappa shape index (κ2) is 6.00. The van der Waals surface area contributed by atoms with Crippen molar-refractivity contribution in [3.63, 3.8) is 0 Å². The van der Waals surface area contributed by atoms with Crippen molar-refractivity contribution in [1.82, 2.24) is 25.4 Å². The Morgan fingerprint density at radius 3 is 2.86 bits per heavy atom. The maximum Gasteiger partial charge on any atom is 0.407 e. The maximum atomic E-state index is 11.6. The lowest BCUT2D eigenvalue weighted by molar-refractivity contribution is 0.139. The minimum Gasteiger partial charge on any atom is -0.445 e. The summed E-state index contributed by atoms with van der Waals surface area (Å²) in [6, 6.07) is 13.2.